The van der Waals surface area contributed by atoms with Crippen LogP contribution in [0.15, 0.2) is 60.0 Å². The number of rotatable bonds is 6. The summed E-state index contributed by atoms with van der Waals surface area (Å²) in [6, 6.07) is 18.1. The minimum Gasteiger partial charge on any atom is -0.349 e. The first kappa shape index (κ1) is 19.1. The number of hydrogen-bond donors (Lipinski definition) is 1. The SMILES string of the molecule is Cc1ccc(C(=O)NC2CC2)cc1N(C(=O)c1cccc(-c2cccs2)c1)C1CC1. The lowest BCUT2D eigenvalue weighted by Gasteiger charge is -2.25. The van der Waals surface area contributed by atoms with Crippen molar-refractivity contribution < 1.29 is 9.59 Å². The van der Waals surface area contributed by atoms with Crippen molar-refractivity contribution in [3.8, 4) is 10.4 Å². The van der Waals surface area contributed by atoms with Gasteiger partial charge in [-0.05, 0) is 79.4 Å². The summed E-state index contributed by atoms with van der Waals surface area (Å²) in [4.78, 5) is 29.2. The summed E-state index contributed by atoms with van der Waals surface area (Å²) < 4.78 is 0. The summed E-state index contributed by atoms with van der Waals surface area (Å²) >= 11 is 1.67. The molecule has 1 N–H and O–H groups in total. The molecule has 5 heteroatoms. The van der Waals surface area contributed by atoms with E-state index < -0.39 is 0 Å². The predicted molar refractivity (Wildman–Crippen MR) is 121 cm³/mol. The molecule has 30 heavy (non-hydrogen) atoms. The second kappa shape index (κ2) is 7.73. The van der Waals surface area contributed by atoms with Crippen molar-refractivity contribution in [1.29, 1.82) is 0 Å². The van der Waals surface area contributed by atoms with Gasteiger partial charge in [0.1, 0.15) is 0 Å². The average molecular weight is 417 g/mol. The highest BCUT2D eigenvalue weighted by molar-refractivity contribution is 7.13. The van der Waals surface area contributed by atoms with Gasteiger partial charge in [0, 0.05) is 33.8 Å². The van der Waals surface area contributed by atoms with Gasteiger partial charge in [0.25, 0.3) is 11.8 Å². The molecular formula is C25H24N2O2S. The van der Waals surface area contributed by atoms with Crippen molar-refractivity contribution in [3.05, 3.63) is 76.7 Å². The molecule has 0 bridgehead atoms. The third kappa shape index (κ3) is 3.90. The Morgan fingerprint density at radius 3 is 2.50 bits per heavy atom. The Morgan fingerprint density at radius 1 is 0.967 bits per heavy atom. The Bertz CT molecular complexity index is 1100. The van der Waals surface area contributed by atoms with E-state index in [0.717, 1.165) is 47.4 Å². The summed E-state index contributed by atoms with van der Waals surface area (Å²) in [5.41, 5.74) is 4.20. The molecule has 0 unspecified atom stereocenters. The van der Waals surface area contributed by atoms with Gasteiger partial charge in [-0.15, -0.1) is 11.3 Å². The van der Waals surface area contributed by atoms with Crippen LogP contribution in [0, 0.1) is 6.92 Å². The number of nitrogens with one attached hydrogen (secondary N) is 1. The van der Waals surface area contributed by atoms with Gasteiger partial charge in [-0.1, -0.05) is 24.3 Å². The first-order valence-electron chi connectivity index (χ1n) is 10.5. The largest absolute Gasteiger partial charge is 0.349 e. The van der Waals surface area contributed by atoms with E-state index in [1.165, 1.54) is 0 Å². The summed E-state index contributed by atoms with van der Waals surface area (Å²) in [5, 5.41) is 5.09. The second-order valence-electron chi connectivity index (χ2n) is 8.21. The van der Waals surface area contributed by atoms with Gasteiger partial charge in [0.05, 0.1) is 0 Å². The molecule has 4 nitrogen and oxygen atoms in total. The summed E-state index contributed by atoms with van der Waals surface area (Å²) in [7, 11) is 0. The first-order valence-corrected chi connectivity index (χ1v) is 11.4. The van der Waals surface area contributed by atoms with E-state index in [0.29, 0.717) is 17.2 Å². The van der Waals surface area contributed by atoms with Crippen LogP contribution in [0.4, 0.5) is 5.69 Å². The van der Waals surface area contributed by atoms with Crippen LogP contribution in [-0.4, -0.2) is 23.9 Å². The monoisotopic (exact) mass is 416 g/mol. The molecule has 2 aliphatic rings. The second-order valence-corrected chi connectivity index (χ2v) is 9.16. The third-order valence-electron chi connectivity index (χ3n) is 5.69. The Balaban J connectivity index is 1.48. The van der Waals surface area contributed by atoms with Gasteiger partial charge >= 0.3 is 0 Å². The molecule has 0 radical (unpaired) electrons. The van der Waals surface area contributed by atoms with Crippen molar-refractivity contribution in [2.24, 2.45) is 0 Å². The molecule has 0 aliphatic heterocycles. The Kier molecular flexibility index (Phi) is 4.91. The smallest absolute Gasteiger partial charge is 0.258 e. The molecule has 1 aromatic heterocycles. The molecule has 0 atom stereocenters. The lowest BCUT2D eigenvalue weighted by Crippen LogP contribution is -2.34. The van der Waals surface area contributed by atoms with Crippen LogP contribution in [0.3, 0.4) is 0 Å². The minimum absolute atomic E-state index is 0.00115. The number of amides is 2. The molecule has 2 aliphatic carbocycles. The number of anilines is 1. The Morgan fingerprint density at radius 2 is 1.80 bits per heavy atom. The van der Waals surface area contributed by atoms with E-state index in [4.69, 9.17) is 0 Å². The van der Waals surface area contributed by atoms with Crippen molar-refractivity contribution in [1.82, 2.24) is 5.32 Å². The number of carbonyl (C=O) groups is 2. The van der Waals surface area contributed by atoms with E-state index in [2.05, 4.69) is 11.4 Å². The normalized spacial score (nSPS) is 15.6. The highest BCUT2D eigenvalue weighted by Gasteiger charge is 2.35. The van der Waals surface area contributed by atoms with Gasteiger partial charge in [0.2, 0.25) is 0 Å². The van der Waals surface area contributed by atoms with Crippen molar-refractivity contribution in [2.45, 2.75) is 44.7 Å². The number of aryl methyl sites for hydroxylation is 1. The number of hydrogen-bond acceptors (Lipinski definition) is 3. The standard InChI is InChI=1S/C25H24N2O2S/c1-16-7-8-18(24(28)26-20-9-10-20)15-22(16)27(21-11-12-21)25(29)19-5-2-4-17(14-19)23-6-3-13-30-23/h2-8,13-15,20-21H,9-12H2,1H3,(H,26,28). The van der Waals surface area contributed by atoms with Gasteiger partial charge in [-0.2, -0.15) is 0 Å². The highest BCUT2D eigenvalue weighted by atomic mass is 32.1. The number of benzene rings is 2. The van der Waals surface area contributed by atoms with Crippen LogP contribution in [0.5, 0.6) is 0 Å². The number of thiophene rings is 1. The van der Waals surface area contributed by atoms with E-state index in [1.807, 2.05) is 65.7 Å². The molecule has 0 saturated heterocycles. The zero-order chi connectivity index (χ0) is 20.7. The molecule has 2 amide bonds. The van der Waals surface area contributed by atoms with Crippen LogP contribution in [0.1, 0.15) is 52.0 Å². The Labute approximate surface area is 180 Å². The Hall–Kier alpha value is -2.92. The summed E-state index contributed by atoms with van der Waals surface area (Å²) in [6.07, 6.45) is 4.10. The maximum atomic E-state index is 13.6. The van der Waals surface area contributed by atoms with Gasteiger partial charge in [0.15, 0.2) is 0 Å². The van der Waals surface area contributed by atoms with Crippen LogP contribution < -0.4 is 10.2 Å². The zero-order valence-electron chi connectivity index (χ0n) is 16.9. The van der Waals surface area contributed by atoms with Gasteiger partial charge in [-0.25, -0.2) is 0 Å². The van der Waals surface area contributed by atoms with Crippen molar-refractivity contribution in [2.75, 3.05) is 4.90 Å². The molecule has 5 rings (SSSR count). The maximum absolute atomic E-state index is 13.6. The van der Waals surface area contributed by atoms with Crippen LogP contribution in [0.2, 0.25) is 0 Å². The van der Waals surface area contributed by atoms with Crippen molar-refractivity contribution in [3.63, 3.8) is 0 Å². The minimum atomic E-state index is -0.0540. The molecule has 1 heterocycles. The van der Waals surface area contributed by atoms with Crippen LogP contribution in [-0.2, 0) is 0 Å². The molecule has 3 aromatic rings. The maximum Gasteiger partial charge on any atom is 0.258 e. The zero-order valence-corrected chi connectivity index (χ0v) is 17.7. The predicted octanol–water partition coefficient (Wildman–Crippen LogP) is 5.42. The van der Waals surface area contributed by atoms with E-state index in [1.54, 1.807) is 11.3 Å². The summed E-state index contributed by atoms with van der Waals surface area (Å²) in [6.45, 7) is 2.00. The van der Waals surface area contributed by atoms with Gasteiger partial charge in [-0.3, -0.25) is 9.59 Å². The van der Waals surface area contributed by atoms with Gasteiger partial charge < -0.3 is 10.2 Å². The molecule has 2 saturated carbocycles. The average Bonchev–Trinajstić information content (AvgIpc) is 3.69. The quantitative estimate of drug-likeness (QED) is 0.583. The molecule has 152 valence electrons. The fraction of sp³-hybridized carbons (Fsp3) is 0.280. The van der Waals surface area contributed by atoms with E-state index in [9.17, 15) is 9.59 Å². The number of nitrogens with zero attached hydrogens (tertiary/aromatic N) is 1. The van der Waals surface area contributed by atoms with Crippen LogP contribution in [0.25, 0.3) is 10.4 Å². The first-order chi connectivity index (χ1) is 14.6. The third-order valence-corrected chi connectivity index (χ3v) is 6.61. The fourth-order valence-corrected chi connectivity index (χ4v) is 4.42. The lowest BCUT2D eigenvalue weighted by molar-refractivity contribution is 0.0947. The molecular weight excluding hydrogens is 392 g/mol. The van der Waals surface area contributed by atoms with Crippen molar-refractivity contribution >= 4 is 28.8 Å². The van der Waals surface area contributed by atoms with E-state index in [-0.39, 0.29) is 17.9 Å². The molecule has 0 spiro atoms. The fourth-order valence-electron chi connectivity index (χ4n) is 3.70. The number of carbonyl (C=O) groups excluding carboxylic acids is 2. The van der Waals surface area contributed by atoms with Crippen LogP contribution >= 0.6 is 11.3 Å². The topological polar surface area (TPSA) is 49.4 Å². The molecule has 2 aromatic carbocycles. The van der Waals surface area contributed by atoms with E-state index >= 15 is 0 Å². The highest BCUT2D eigenvalue weighted by Crippen LogP contribution is 2.36. The summed E-state index contributed by atoms with van der Waals surface area (Å²) in [5.74, 6) is -0.0552. The molecule has 2 fully saturated rings. The lowest BCUT2D eigenvalue weighted by atomic mass is 10.0.